The van der Waals surface area contributed by atoms with Crippen molar-refractivity contribution in [1.82, 2.24) is 0 Å². The molecule has 0 aliphatic rings. The second kappa shape index (κ2) is 4.77. The number of allylic oxidation sites excluding steroid dienone is 1. The summed E-state index contributed by atoms with van der Waals surface area (Å²) in [5.74, 6) is -0.234. The molecule has 0 aliphatic carbocycles. The van der Waals surface area contributed by atoms with E-state index >= 15 is 0 Å². The average molecular weight is 235 g/mol. The van der Waals surface area contributed by atoms with Crippen LogP contribution in [0.25, 0.3) is 0 Å². The summed E-state index contributed by atoms with van der Waals surface area (Å²) >= 11 is 3.16. The molecule has 70 valence electrons. The maximum Gasteiger partial charge on any atom is 0.184 e. The quantitative estimate of drug-likeness (QED) is 0.599. The number of aliphatic hydroxyl groups is 1. The highest BCUT2D eigenvalue weighted by Gasteiger charge is 2.26. The van der Waals surface area contributed by atoms with Crippen molar-refractivity contribution in [2.24, 2.45) is 5.41 Å². The molecule has 0 saturated heterocycles. The van der Waals surface area contributed by atoms with Gasteiger partial charge in [0.2, 0.25) is 0 Å². The number of halogens is 1. The molecule has 0 aliphatic heterocycles. The average Bonchev–Trinajstić information content (AvgIpc) is 1.97. The third-order valence-corrected chi connectivity index (χ3v) is 1.83. The van der Waals surface area contributed by atoms with Crippen molar-refractivity contribution in [3.8, 4) is 0 Å². The van der Waals surface area contributed by atoms with Gasteiger partial charge in [-0.15, -0.1) is 0 Å². The minimum Gasteiger partial charge on any atom is -0.384 e. The van der Waals surface area contributed by atoms with Gasteiger partial charge in [0.25, 0.3) is 0 Å². The topological polar surface area (TPSA) is 37.3 Å². The van der Waals surface area contributed by atoms with Gasteiger partial charge in [-0.25, -0.2) is 0 Å². The fraction of sp³-hybridized carbons (Fsp3) is 0.667. The first-order chi connectivity index (χ1) is 5.39. The summed E-state index contributed by atoms with van der Waals surface area (Å²) in [4.78, 5) is 11.2. The van der Waals surface area contributed by atoms with Crippen molar-refractivity contribution in [2.45, 2.75) is 26.9 Å². The SMILES string of the molecule is CC(C)(C)C(O)C(=O)/C=C/CBr. The van der Waals surface area contributed by atoms with Crippen molar-refractivity contribution in [3.05, 3.63) is 12.2 Å². The summed E-state index contributed by atoms with van der Waals surface area (Å²) in [5, 5.41) is 10.1. The Labute approximate surface area is 81.8 Å². The minimum atomic E-state index is -0.909. The largest absolute Gasteiger partial charge is 0.384 e. The number of aliphatic hydroxyl groups excluding tert-OH is 1. The normalized spacial score (nSPS) is 15.1. The molecule has 0 radical (unpaired) electrons. The van der Waals surface area contributed by atoms with Gasteiger partial charge >= 0.3 is 0 Å². The summed E-state index contributed by atoms with van der Waals surface area (Å²) in [6.07, 6.45) is 2.18. The molecule has 0 amide bonds. The molecule has 0 aromatic heterocycles. The molecule has 0 spiro atoms. The highest BCUT2D eigenvalue weighted by molar-refractivity contribution is 9.09. The fourth-order valence-electron chi connectivity index (χ4n) is 0.679. The van der Waals surface area contributed by atoms with E-state index in [1.54, 1.807) is 6.08 Å². The van der Waals surface area contributed by atoms with Gasteiger partial charge in [-0.1, -0.05) is 42.8 Å². The monoisotopic (exact) mass is 234 g/mol. The highest BCUT2D eigenvalue weighted by atomic mass is 79.9. The lowest BCUT2D eigenvalue weighted by atomic mass is 9.86. The van der Waals surface area contributed by atoms with E-state index in [1.165, 1.54) is 6.08 Å². The van der Waals surface area contributed by atoms with E-state index in [0.29, 0.717) is 5.33 Å². The second-order valence-corrected chi connectivity index (χ2v) is 4.38. The minimum absolute atomic E-state index is 0.234. The van der Waals surface area contributed by atoms with E-state index in [4.69, 9.17) is 0 Å². The summed E-state index contributed by atoms with van der Waals surface area (Å²) < 4.78 is 0. The standard InChI is InChI=1S/C9H15BrO2/c1-9(2,3)8(12)7(11)5-4-6-10/h4-5,8,12H,6H2,1-3H3/b5-4+. The third kappa shape index (κ3) is 4.02. The molecule has 0 aromatic carbocycles. The molecular weight excluding hydrogens is 220 g/mol. The predicted molar refractivity (Wildman–Crippen MR) is 53.4 cm³/mol. The lowest BCUT2D eigenvalue weighted by Gasteiger charge is -2.23. The Hall–Kier alpha value is -0.150. The number of carbonyl (C=O) groups excluding carboxylic acids is 1. The molecule has 12 heavy (non-hydrogen) atoms. The van der Waals surface area contributed by atoms with Crippen LogP contribution in [0.1, 0.15) is 20.8 Å². The Bertz CT molecular complexity index is 179. The van der Waals surface area contributed by atoms with Crippen LogP contribution in [-0.2, 0) is 4.79 Å². The smallest absolute Gasteiger partial charge is 0.184 e. The van der Waals surface area contributed by atoms with Gasteiger partial charge < -0.3 is 5.11 Å². The summed E-state index contributed by atoms with van der Waals surface area (Å²) in [6, 6.07) is 0. The molecule has 3 heteroatoms. The fourth-order valence-corrected chi connectivity index (χ4v) is 0.866. The van der Waals surface area contributed by atoms with Gasteiger partial charge in [-0.3, -0.25) is 4.79 Å². The van der Waals surface area contributed by atoms with Crippen molar-refractivity contribution in [2.75, 3.05) is 5.33 Å². The molecule has 0 bridgehead atoms. The molecule has 0 fully saturated rings. The van der Waals surface area contributed by atoms with E-state index in [9.17, 15) is 9.90 Å². The zero-order valence-corrected chi connectivity index (χ0v) is 9.26. The third-order valence-electron chi connectivity index (χ3n) is 1.46. The number of carbonyl (C=O) groups is 1. The summed E-state index contributed by atoms with van der Waals surface area (Å²) in [7, 11) is 0. The molecule has 1 atom stereocenters. The molecule has 1 unspecified atom stereocenters. The number of hydrogen-bond donors (Lipinski definition) is 1. The molecular formula is C9H15BrO2. The van der Waals surface area contributed by atoms with Crippen LogP contribution in [0.2, 0.25) is 0 Å². The van der Waals surface area contributed by atoms with Crippen LogP contribution in [0.4, 0.5) is 0 Å². The first kappa shape index (κ1) is 11.8. The number of rotatable bonds is 3. The maximum atomic E-state index is 11.2. The number of hydrogen-bond acceptors (Lipinski definition) is 2. The van der Waals surface area contributed by atoms with Crippen molar-refractivity contribution in [3.63, 3.8) is 0 Å². The first-order valence-corrected chi connectivity index (χ1v) is 4.96. The zero-order chi connectivity index (χ0) is 9.78. The predicted octanol–water partition coefficient (Wildman–Crippen LogP) is 1.91. The van der Waals surface area contributed by atoms with Gasteiger partial charge in [0.05, 0.1) is 0 Å². The van der Waals surface area contributed by atoms with Gasteiger partial charge in [0.1, 0.15) is 6.10 Å². The Balaban J connectivity index is 4.21. The number of alkyl halides is 1. The maximum absolute atomic E-state index is 11.2. The van der Waals surface area contributed by atoms with Crippen molar-refractivity contribution in [1.29, 1.82) is 0 Å². The molecule has 0 saturated carbocycles. The highest BCUT2D eigenvalue weighted by Crippen LogP contribution is 2.19. The van der Waals surface area contributed by atoms with E-state index in [2.05, 4.69) is 15.9 Å². The zero-order valence-electron chi connectivity index (χ0n) is 7.67. The molecule has 0 rings (SSSR count). The van der Waals surface area contributed by atoms with Crippen molar-refractivity contribution >= 4 is 21.7 Å². The summed E-state index contributed by atoms with van der Waals surface area (Å²) in [6.45, 7) is 5.49. The molecule has 2 nitrogen and oxygen atoms in total. The van der Waals surface area contributed by atoms with Crippen LogP contribution in [0, 0.1) is 5.41 Å². The van der Waals surface area contributed by atoms with Crippen LogP contribution in [0.5, 0.6) is 0 Å². The number of ketones is 1. The van der Waals surface area contributed by atoms with Crippen LogP contribution in [-0.4, -0.2) is 22.3 Å². The lowest BCUT2D eigenvalue weighted by Crippen LogP contribution is -2.33. The van der Waals surface area contributed by atoms with Crippen LogP contribution in [0.15, 0.2) is 12.2 Å². The van der Waals surface area contributed by atoms with Gasteiger partial charge in [0, 0.05) is 5.33 Å². The van der Waals surface area contributed by atoms with Gasteiger partial charge in [-0.05, 0) is 11.5 Å². The van der Waals surface area contributed by atoms with Crippen LogP contribution < -0.4 is 0 Å². The summed E-state index contributed by atoms with van der Waals surface area (Å²) in [5.41, 5.74) is -0.381. The second-order valence-electron chi connectivity index (χ2n) is 3.73. The van der Waals surface area contributed by atoms with Gasteiger partial charge in [0.15, 0.2) is 5.78 Å². The Kier molecular flexibility index (Phi) is 4.71. The van der Waals surface area contributed by atoms with Crippen LogP contribution >= 0.6 is 15.9 Å². The Morgan fingerprint density at radius 2 is 2.08 bits per heavy atom. The Morgan fingerprint density at radius 1 is 1.58 bits per heavy atom. The molecule has 0 aromatic rings. The Morgan fingerprint density at radius 3 is 2.42 bits per heavy atom. The molecule has 0 heterocycles. The first-order valence-electron chi connectivity index (χ1n) is 3.84. The molecule has 1 N–H and O–H groups in total. The van der Waals surface area contributed by atoms with Crippen molar-refractivity contribution < 1.29 is 9.90 Å². The van der Waals surface area contributed by atoms with E-state index in [0.717, 1.165) is 0 Å². The van der Waals surface area contributed by atoms with Gasteiger partial charge in [-0.2, -0.15) is 0 Å². The van der Waals surface area contributed by atoms with E-state index in [1.807, 2.05) is 20.8 Å². The van der Waals surface area contributed by atoms with Crippen LogP contribution in [0.3, 0.4) is 0 Å². The van der Waals surface area contributed by atoms with E-state index in [-0.39, 0.29) is 11.2 Å². The lowest BCUT2D eigenvalue weighted by molar-refractivity contribution is -0.127. The van der Waals surface area contributed by atoms with E-state index < -0.39 is 6.10 Å².